The van der Waals surface area contributed by atoms with Crippen molar-refractivity contribution in [2.75, 3.05) is 0 Å². The summed E-state index contributed by atoms with van der Waals surface area (Å²) < 4.78 is 1.06. The van der Waals surface area contributed by atoms with Crippen molar-refractivity contribution in [2.24, 2.45) is 0 Å². The van der Waals surface area contributed by atoms with E-state index in [1.807, 2.05) is 30.3 Å². The summed E-state index contributed by atoms with van der Waals surface area (Å²) in [6.45, 7) is 2.06. The van der Waals surface area contributed by atoms with Crippen LogP contribution in [0.4, 0.5) is 0 Å². The van der Waals surface area contributed by atoms with Crippen molar-refractivity contribution in [1.82, 2.24) is 20.2 Å². The number of imidazole rings is 1. The lowest BCUT2D eigenvalue weighted by molar-refractivity contribution is 1.11. The monoisotopic (exact) mass is 326 g/mol. The molecule has 5 heteroatoms. The largest absolute Gasteiger partial charge is 0.337 e. The molecule has 0 aliphatic rings. The van der Waals surface area contributed by atoms with Crippen LogP contribution >= 0.6 is 15.9 Å². The van der Waals surface area contributed by atoms with Crippen LogP contribution in [0.2, 0.25) is 0 Å². The summed E-state index contributed by atoms with van der Waals surface area (Å²) in [7, 11) is 0. The summed E-state index contributed by atoms with van der Waals surface area (Å²) in [5.41, 5.74) is 5.00. The van der Waals surface area contributed by atoms with Gasteiger partial charge in [-0.25, -0.2) is 4.98 Å². The Bertz CT molecular complexity index is 897. The molecule has 20 heavy (non-hydrogen) atoms. The second kappa shape index (κ2) is 4.18. The summed E-state index contributed by atoms with van der Waals surface area (Å²) in [5, 5.41) is 8.48. The van der Waals surface area contributed by atoms with Crippen LogP contribution in [0.25, 0.3) is 33.5 Å². The molecule has 0 fully saturated rings. The van der Waals surface area contributed by atoms with Crippen molar-refractivity contribution >= 4 is 37.9 Å². The molecule has 0 aliphatic carbocycles. The molecule has 0 amide bonds. The van der Waals surface area contributed by atoms with E-state index in [2.05, 4.69) is 49.1 Å². The summed E-state index contributed by atoms with van der Waals surface area (Å²) in [6.07, 6.45) is 0. The number of fused-ring (bicyclic) bond motifs is 2. The van der Waals surface area contributed by atoms with Gasteiger partial charge in [0.15, 0.2) is 5.82 Å². The van der Waals surface area contributed by atoms with E-state index in [1.54, 1.807) is 0 Å². The van der Waals surface area contributed by atoms with Crippen LogP contribution < -0.4 is 0 Å². The maximum Gasteiger partial charge on any atom is 0.159 e. The topological polar surface area (TPSA) is 57.4 Å². The van der Waals surface area contributed by atoms with Gasteiger partial charge in [0.2, 0.25) is 0 Å². The van der Waals surface area contributed by atoms with E-state index >= 15 is 0 Å². The van der Waals surface area contributed by atoms with Gasteiger partial charge in [-0.05, 0) is 30.7 Å². The summed E-state index contributed by atoms with van der Waals surface area (Å²) >= 11 is 3.54. The van der Waals surface area contributed by atoms with Crippen molar-refractivity contribution in [1.29, 1.82) is 0 Å². The first-order chi connectivity index (χ1) is 9.72. The maximum absolute atomic E-state index is 4.64. The third-order valence-electron chi connectivity index (χ3n) is 3.46. The number of aryl methyl sites for hydroxylation is 1. The molecular formula is C15H11BrN4. The number of para-hydroxylation sites is 1. The van der Waals surface area contributed by atoms with Gasteiger partial charge in [-0.15, -0.1) is 0 Å². The van der Waals surface area contributed by atoms with Crippen LogP contribution in [0.1, 0.15) is 5.56 Å². The predicted molar refractivity (Wildman–Crippen MR) is 83.6 cm³/mol. The van der Waals surface area contributed by atoms with Crippen LogP contribution in [0.5, 0.6) is 0 Å². The third-order valence-corrected chi connectivity index (χ3v) is 4.31. The first-order valence-electron chi connectivity index (χ1n) is 6.32. The molecule has 4 rings (SSSR count). The fourth-order valence-corrected chi connectivity index (χ4v) is 2.73. The Hall–Kier alpha value is -2.14. The molecule has 2 N–H and O–H groups in total. The minimum absolute atomic E-state index is 0.787. The molecule has 98 valence electrons. The van der Waals surface area contributed by atoms with E-state index in [9.17, 15) is 0 Å². The van der Waals surface area contributed by atoms with Crippen molar-refractivity contribution in [2.45, 2.75) is 6.92 Å². The molecule has 0 aliphatic heterocycles. The van der Waals surface area contributed by atoms with Gasteiger partial charge >= 0.3 is 0 Å². The Morgan fingerprint density at radius 3 is 2.85 bits per heavy atom. The van der Waals surface area contributed by atoms with Gasteiger partial charge in [-0.3, -0.25) is 5.10 Å². The zero-order valence-corrected chi connectivity index (χ0v) is 12.3. The quantitative estimate of drug-likeness (QED) is 0.551. The van der Waals surface area contributed by atoms with Gasteiger partial charge in [0.25, 0.3) is 0 Å². The molecule has 0 spiro atoms. The number of aromatic nitrogens is 4. The highest BCUT2D eigenvalue weighted by Crippen LogP contribution is 2.28. The van der Waals surface area contributed by atoms with Crippen molar-refractivity contribution in [3.05, 3.63) is 46.4 Å². The number of halogens is 1. The zero-order chi connectivity index (χ0) is 13.7. The lowest BCUT2D eigenvalue weighted by Gasteiger charge is -1.95. The standard InChI is InChI=1S/C15H11BrN4/c1-8-6-12-13(7-10(8)16)18-15(17-12)14-9-4-2-3-5-11(9)19-20-14/h2-7H,1H3,(H,17,18)(H,19,20). The van der Waals surface area contributed by atoms with Crippen molar-refractivity contribution in [3.63, 3.8) is 0 Å². The molecule has 4 aromatic rings. The Labute approximate surface area is 123 Å². The van der Waals surface area contributed by atoms with Crippen LogP contribution in [0.15, 0.2) is 40.9 Å². The predicted octanol–water partition coefficient (Wildman–Crippen LogP) is 4.18. The average Bonchev–Trinajstić information content (AvgIpc) is 3.02. The third kappa shape index (κ3) is 1.67. The Kier molecular flexibility index (Phi) is 2.44. The summed E-state index contributed by atoms with van der Waals surface area (Å²) in [4.78, 5) is 7.98. The van der Waals surface area contributed by atoms with E-state index in [0.717, 1.165) is 37.9 Å². The number of aromatic amines is 2. The highest BCUT2D eigenvalue weighted by Gasteiger charge is 2.12. The lowest BCUT2D eigenvalue weighted by Crippen LogP contribution is -1.80. The molecule has 0 saturated heterocycles. The van der Waals surface area contributed by atoms with Crippen LogP contribution in [-0.2, 0) is 0 Å². The molecule has 0 saturated carbocycles. The van der Waals surface area contributed by atoms with Gasteiger partial charge in [-0.2, -0.15) is 5.10 Å². The highest BCUT2D eigenvalue weighted by molar-refractivity contribution is 9.10. The molecule has 2 aromatic heterocycles. The van der Waals surface area contributed by atoms with Crippen LogP contribution in [-0.4, -0.2) is 20.2 Å². The summed E-state index contributed by atoms with van der Waals surface area (Å²) in [5.74, 6) is 0.787. The van der Waals surface area contributed by atoms with Crippen LogP contribution in [0, 0.1) is 6.92 Å². The number of H-pyrrole nitrogens is 2. The van der Waals surface area contributed by atoms with Crippen molar-refractivity contribution < 1.29 is 0 Å². The minimum atomic E-state index is 0.787. The average molecular weight is 327 g/mol. The maximum atomic E-state index is 4.64. The van der Waals surface area contributed by atoms with Gasteiger partial charge in [0.05, 0.1) is 16.6 Å². The van der Waals surface area contributed by atoms with Crippen molar-refractivity contribution in [3.8, 4) is 11.5 Å². The van der Waals surface area contributed by atoms with Gasteiger partial charge in [0.1, 0.15) is 5.69 Å². The van der Waals surface area contributed by atoms with Gasteiger partial charge in [-0.1, -0.05) is 34.1 Å². The number of nitrogens with one attached hydrogen (secondary N) is 2. The first kappa shape index (κ1) is 11.7. The van der Waals surface area contributed by atoms with E-state index in [4.69, 9.17) is 0 Å². The van der Waals surface area contributed by atoms with E-state index in [1.165, 1.54) is 5.56 Å². The fraction of sp³-hybridized carbons (Fsp3) is 0.0667. The number of benzene rings is 2. The molecule has 4 nitrogen and oxygen atoms in total. The first-order valence-corrected chi connectivity index (χ1v) is 7.11. The zero-order valence-electron chi connectivity index (χ0n) is 10.7. The van der Waals surface area contributed by atoms with E-state index in [-0.39, 0.29) is 0 Å². The summed E-state index contributed by atoms with van der Waals surface area (Å²) in [6, 6.07) is 12.2. The SMILES string of the molecule is Cc1cc2[nH]c(-c3n[nH]c4ccccc34)nc2cc1Br. The fourth-order valence-electron chi connectivity index (χ4n) is 2.40. The molecule has 0 bridgehead atoms. The minimum Gasteiger partial charge on any atom is -0.337 e. The van der Waals surface area contributed by atoms with Crippen LogP contribution in [0.3, 0.4) is 0 Å². The number of rotatable bonds is 1. The molecular weight excluding hydrogens is 316 g/mol. The molecule has 0 unspecified atom stereocenters. The normalized spacial score (nSPS) is 11.5. The second-order valence-corrected chi connectivity index (χ2v) is 5.68. The van der Waals surface area contributed by atoms with E-state index < -0.39 is 0 Å². The van der Waals surface area contributed by atoms with Gasteiger partial charge < -0.3 is 4.98 Å². The molecule has 2 aromatic carbocycles. The van der Waals surface area contributed by atoms with Gasteiger partial charge in [0, 0.05) is 9.86 Å². The second-order valence-electron chi connectivity index (χ2n) is 4.82. The highest BCUT2D eigenvalue weighted by atomic mass is 79.9. The lowest BCUT2D eigenvalue weighted by atomic mass is 10.2. The molecule has 0 radical (unpaired) electrons. The number of hydrogen-bond donors (Lipinski definition) is 2. The Morgan fingerprint density at radius 2 is 1.95 bits per heavy atom. The molecule has 2 heterocycles. The molecule has 0 atom stereocenters. The number of hydrogen-bond acceptors (Lipinski definition) is 2. The number of nitrogens with zero attached hydrogens (tertiary/aromatic N) is 2. The smallest absolute Gasteiger partial charge is 0.159 e. The Balaban J connectivity index is 1.98. The van der Waals surface area contributed by atoms with E-state index in [0.29, 0.717) is 0 Å². The Morgan fingerprint density at radius 1 is 1.10 bits per heavy atom.